The number of piperidine rings is 1. The molecule has 1 aromatic carbocycles. The molecule has 0 unspecified atom stereocenters. The highest BCUT2D eigenvalue weighted by Crippen LogP contribution is 2.36. The third kappa shape index (κ3) is 3.47. The summed E-state index contributed by atoms with van der Waals surface area (Å²) in [6.07, 6.45) is -0.780. The molecule has 1 fully saturated rings. The van der Waals surface area contributed by atoms with Gasteiger partial charge in [-0.2, -0.15) is 5.10 Å². The maximum Gasteiger partial charge on any atom is 0.314 e. The largest absolute Gasteiger partial charge is 0.497 e. The minimum Gasteiger partial charge on any atom is -0.497 e. The Morgan fingerprint density at radius 3 is 2.75 bits per heavy atom. The number of carboxylic acids is 1. The number of nitrogens with one attached hydrogen (secondary N) is 1. The van der Waals surface area contributed by atoms with Crippen LogP contribution in [0.2, 0.25) is 0 Å². The Morgan fingerprint density at radius 1 is 1.39 bits per heavy atom. The molecule has 28 heavy (non-hydrogen) atoms. The lowest BCUT2D eigenvalue weighted by atomic mass is 9.72. The van der Waals surface area contributed by atoms with E-state index in [0.717, 1.165) is 5.56 Å². The van der Waals surface area contributed by atoms with Crippen molar-refractivity contribution in [2.24, 2.45) is 5.41 Å². The van der Waals surface area contributed by atoms with Crippen LogP contribution in [-0.4, -0.2) is 63.5 Å². The number of carboxylic acid groups (broad SMARTS) is 1. The summed E-state index contributed by atoms with van der Waals surface area (Å²) < 4.78 is 5.21. The van der Waals surface area contributed by atoms with Gasteiger partial charge in [0.05, 0.1) is 24.5 Å². The fraction of sp³-hybridized carbons (Fsp3) is 0.450. The number of nitrogens with zero attached hydrogens (tertiary/aromatic N) is 2. The minimum absolute atomic E-state index is 0.0798. The number of aliphatic carboxylic acids is 1. The second-order valence-corrected chi connectivity index (χ2v) is 7.33. The Hall–Kier alpha value is -2.87. The van der Waals surface area contributed by atoms with Crippen LogP contribution in [0, 0.1) is 19.3 Å². The molecule has 0 spiro atoms. The summed E-state index contributed by atoms with van der Waals surface area (Å²) in [5.74, 6) is -0.784. The number of aryl methyl sites for hydroxylation is 2. The van der Waals surface area contributed by atoms with Crippen LogP contribution in [0.5, 0.6) is 5.75 Å². The summed E-state index contributed by atoms with van der Waals surface area (Å²) in [5, 5.41) is 27.5. The fourth-order valence-corrected chi connectivity index (χ4v) is 3.88. The Labute approximate surface area is 163 Å². The number of aromatic nitrogens is 2. The van der Waals surface area contributed by atoms with Gasteiger partial charge in [-0.1, -0.05) is 12.1 Å². The molecule has 8 heteroatoms. The molecule has 1 amide bonds. The van der Waals surface area contributed by atoms with E-state index in [4.69, 9.17) is 4.74 Å². The summed E-state index contributed by atoms with van der Waals surface area (Å²) in [6.45, 7) is 3.70. The molecule has 1 saturated heterocycles. The van der Waals surface area contributed by atoms with Gasteiger partial charge < -0.3 is 19.8 Å². The minimum atomic E-state index is -1.49. The number of aliphatic hydroxyl groups excluding tert-OH is 1. The first-order chi connectivity index (χ1) is 13.3. The third-order valence-corrected chi connectivity index (χ3v) is 5.49. The number of hydrogen-bond donors (Lipinski definition) is 3. The van der Waals surface area contributed by atoms with Gasteiger partial charge in [-0.25, -0.2) is 0 Å². The van der Waals surface area contributed by atoms with Crippen molar-refractivity contribution in [3.8, 4) is 5.75 Å². The summed E-state index contributed by atoms with van der Waals surface area (Å²) >= 11 is 0. The van der Waals surface area contributed by atoms with Crippen LogP contribution < -0.4 is 4.74 Å². The number of aromatic amines is 1. The van der Waals surface area contributed by atoms with Crippen LogP contribution in [0.1, 0.15) is 33.7 Å². The van der Waals surface area contributed by atoms with Gasteiger partial charge in [0, 0.05) is 18.8 Å². The van der Waals surface area contributed by atoms with Gasteiger partial charge in [-0.05, 0) is 44.4 Å². The lowest BCUT2D eigenvalue weighted by molar-refractivity contribution is -0.161. The predicted octanol–water partition coefficient (Wildman–Crippen LogP) is 1.56. The Bertz CT molecular complexity index is 874. The van der Waals surface area contributed by atoms with E-state index in [-0.39, 0.29) is 31.8 Å². The molecule has 1 aliphatic rings. The van der Waals surface area contributed by atoms with Gasteiger partial charge in [0.2, 0.25) is 0 Å². The summed E-state index contributed by atoms with van der Waals surface area (Å²) in [4.78, 5) is 26.8. The monoisotopic (exact) mass is 387 g/mol. The van der Waals surface area contributed by atoms with Crippen molar-refractivity contribution >= 4 is 11.9 Å². The van der Waals surface area contributed by atoms with Crippen molar-refractivity contribution in [3.05, 3.63) is 46.8 Å². The molecule has 1 aromatic heterocycles. The summed E-state index contributed by atoms with van der Waals surface area (Å²) in [5.41, 5.74) is 0.902. The standard InChI is InChI=1S/C20H25N3O5/c1-12-17(13(2)22-21-12)18(25)23-8-7-16(24)20(11-23,19(26)27)10-14-5-4-6-15(9-14)28-3/h4-6,9,16,24H,7-8,10-11H2,1-3H3,(H,21,22)(H,26,27)/t16-,20+/m0/s1. The highest BCUT2D eigenvalue weighted by molar-refractivity contribution is 5.96. The zero-order valence-corrected chi connectivity index (χ0v) is 16.2. The van der Waals surface area contributed by atoms with E-state index in [9.17, 15) is 19.8 Å². The number of hydrogen-bond acceptors (Lipinski definition) is 5. The van der Waals surface area contributed by atoms with Gasteiger partial charge in [-0.3, -0.25) is 14.7 Å². The van der Waals surface area contributed by atoms with E-state index in [1.807, 2.05) is 0 Å². The maximum absolute atomic E-state index is 13.0. The smallest absolute Gasteiger partial charge is 0.314 e. The van der Waals surface area contributed by atoms with Crippen LogP contribution in [-0.2, 0) is 11.2 Å². The van der Waals surface area contributed by atoms with Crippen molar-refractivity contribution in [3.63, 3.8) is 0 Å². The molecule has 2 atom stereocenters. The molecule has 1 aliphatic heterocycles. The number of aliphatic hydroxyl groups is 1. The maximum atomic E-state index is 13.0. The number of likely N-dealkylation sites (tertiary alicyclic amines) is 1. The number of methoxy groups -OCH3 is 1. The zero-order valence-electron chi connectivity index (χ0n) is 16.2. The van der Waals surface area contributed by atoms with Crippen LogP contribution in [0.4, 0.5) is 0 Å². The number of amides is 1. The summed E-state index contributed by atoms with van der Waals surface area (Å²) in [7, 11) is 1.54. The number of carbonyl (C=O) groups is 2. The lowest BCUT2D eigenvalue weighted by Crippen LogP contribution is -2.58. The molecule has 0 bridgehead atoms. The SMILES string of the molecule is COc1cccc(C[C@@]2(C(=O)O)CN(C(=O)c3c(C)n[nH]c3C)CC[C@@H]2O)c1. The molecule has 3 N–H and O–H groups in total. The second-order valence-electron chi connectivity index (χ2n) is 7.33. The molecule has 2 heterocycles. The molecule has 150 valence electrons. The van der Waals surface area contributed by atoms with Crippen LogP contribution in [0.25, 0.3) is 0 Å². The number of carbonyl (C=O) groups excluding carboxylic acids is 1. The normalized spacial score (nSPS) is 22.1. The Morgan fingerprint density at radius 2 is 2.14 bits per heavy atom. The van der Waals surface area contributed by atoms with E-state index in [1.165, 1.54) is 12.0 Å². The molecular weight excluding hydrogens is 362 g/mol. The van der Waals surface area contributed by atoms with E-state index in [0.29, 0.717) is 22.7 Å². The van der Waals surface area contributed by atoms with E-state index < -0.39 is 17.5 Å². The molecule has 8 nitrogen and oxygen atoms in total. The molecule has 3 rings (SSSR count). The Kier molecular flexibility index (Phi) is 5.42. The average molecular weight is 387 g/mol. The van der Waals surface area contributed by atoms with Crippen LogP contribution in [0.3, 0.4) is 0 Å². The highest BCUT2D eigenvalue weighted by atomic mass is 16.5. The molecule has 0 saturated carbocycles. The molecule has 2 aromatic rings. The van der Waals surface area contributed by atoms with Crippen molar-refractivity contribution in [1.82, 2.24) is 15.1 Å². The number of H-pyrrole nitrogens is 1. The molecule has 0 radical (unpaired) electrons. The van der Waals surface area contributed by atoms with E-state index in [1.54, 1.807) is 38.1 Å². The second kappa shape index (κ2) is 7.63. The first-order valence-corrected chi connectivity index (χ1v) is 9.13. The quantitative estimate of drug-likeness (QED) is 0.717. The first kappa shape index (κ1) is 19.9. The summed E-state index contributed by atoms with van der Waals surface area (Å²) in [6, 6.07) is 7.10. The van der Waals surface area contributed by atoms with Gasteiger partial charge in [0.1, 0.15) is 11.2 Å². The van der Waals surface area contributed by atoms with Gasteiger partial charge in [-0.15, -0.1) is 0 Å². The highest BCUT2D eigenvalue weighted by Gasteiger charge is 2.50. The zero-order chi connectivity index (χ0) is 20.5. The average Bonchev–Trinajstić information content (AvgIpc) is 3.01. The number of benzene rings is 1. The van der Waals surface area contributed by atoms with Crippen LogP contribution in [0.15, 0.2) is 24.3 Å². The molecular formula is C20H25N3O5. The predicted molar refractivity (Wildman–Crippen MR) is 101 cm³/mol. The van der Waals surface area contributed by atoms with E-state index in [2.05, 4.69) is 10.2 Å². The topological polar surface area (TPSA) is 116 Å². The lowest BCUT2D eigenvalue weighted by Gasteiger charge is -2.43. The third-order valence-electron chi connectivity index (χ3n) is 5.49. The van der Waals surface area contributed by atoms with Crippen molar-refractivity contribution in [2.75, 3.05) is 20.2 Å². The Balaban J connectivity index is 1.93. The van der Waals surface area contributed by atoms with Crippen molar-refractivity contribution in [1.29, 1.82) is 0 Å². The van der Waals surface area contributed by atoms with Gasteiger partial charge in [0.15, 0.2) is 0 Å². The number of rotatable bonds is 5. The van der Waals surface area contributed by atoms with Gasteiger partial charge in [0.25, 0.3) is 5.91 Å². The van der Waals surface area contributed by atoms with Gasteiger partial charge >= 0.3 is 5.97 Å². The molecule has 0 aliphatic carbocycles. The first-order valence-electron chi connectivity index (χ1n) is 9.13. The van der Waals surface area contributed by atoms with Crippen LogP contribution >= 0.6 is 0 Å². The number of ether oxygens (including phenoxy) is 1. The van der Waals surface area contributed by atoms with Crippen molar-refractivity contribution in [2.45, 2.75) is 32.8 Å². The van der Waals surface area contributed by atoms with E-state index >= 15 is 0 Å². The van der Waals surface area contributed by atoms with Crippen molar-refractivity contribution < 1.29 is 24.5 Å². The fourth-order valence-electron chi connectivity index (χ4n) is 3.88.